The van der Waals surface area contributed by atoms with Gasteiger partial charge in [0.15, 0.2) is 0 Å². The van der Waals surface area contributed by atoms with Crippen LogP contribution in [0.2, 0.25) is 0 Å². The molecule has 0 aromatic heterocycles. The van der Waals surface area contributed by atoms with Crippen LogP contribution < -0.4 is 15.4 Å². The van der Waals surface area contributed by atoms with Crippen LogP contribution in [0.25, 0.3) is 0 Å². The van der Waals surface area contributed by atoms with Crippen LogP contribution in [0, 0.1) is 5.82 Å². The third kappa shape index (κ3) is 7.73. The second kappa shape index (κ2) is 11.7. The van der Waals surface area contributed by atoms with Gasteiger partial charge < -0.3 is 25.2 Å². The van der Waals surface area contributed by atoms with Crippen LogP contribution in [-0.4, -0.2) is 30.9 Å². The molecular formula is C24H25FN2O4. The Morgan fingerprint density at radius 3 is 2.58 bits per heavy atom. The zero-order chi connectivity index (χ0) is 21.9. The summed E-state index contributed by atoms with van der Waals surface area (Å²) in [6.45, 7) is 1.22. The first kappa shape index (κ1) is 22.3. The molecule has 3 aromatic rings. The van der Waals surface area contributed by atoms with Crippen molar-refractivity contribution in [2.75, 3.05) is 25.1 Å². The minimum atomic E-state index is -1.00. The Morgan fingerprint density at radius 1 is 0.968 bits per heavy atom. The summed E-state index contributed by atoms with van der Waals surface area (Å²) in [5.41, 5.74) is 1.90. The van der Waals surface area contributed by atoms with Gasteiger partial charge in [-0.05, 0) is 47.5 Å². The average Bonchev–Trinajstić information content (AvgIpc) is 2.78. The molecule has 2 amide bonds. The first-order chi connectivity index (χ1) is 15.1. The number of benzene rings is 3. The van der Waals surface area contributed by atoms with Gasteiger partial charge in [0.25, 0.3) is 0 Å². The molecule has 0 aliphatic carbocycles. The lowest BCUT2D eigenvalue weighted by Gasteiger charge is -2.13. The number of halogens is 1. The largest absolute Gasteiger partial charge is 0.491 e. The highest BCUT2D eigenvalue weighted by molar-refractivity contribution is 5.89. The molecule has 3 aromatic carbocycles. The number of hydrogen-bond acceptors (Lipinski definition) is 4. The molecule has 0 aliphatic heterocycles. The highest BCUT2D eigenvalue weighted by Gasteiger charge is 2.10. The number of urea groups is 1. The maximum Gasteiger partial charge on any atom is 0.319 e. The number of para-hydroxylation sites is 1. The van der Waals surface area contributed by atoms with Gasteiger partial charge in [-0.25, -0.2) is 9.18 Å². The average molecular weight is 424 g/mol. The molecule has 0 bridgehead atoms. The molecular weight excluding hydrogens is 399 g/mol. The van der Waals surface area contributed by atoms with Crippen LogP contribution in [0.5, 0.6) is 5.75 Å². The van der Waals surface area contributed by atoms with Crippen molar-refractivity contribution in [1.29, 1.82) is 0 Å². The van der Waals surface area contributed by atoms with E-state index in [4.69, 9.17) is 9.47 Å². The van der Waals surface area contributed by atoms with Crippen molar-refractivity contribution in [3.8, 4) is 5.75 Å². The maximum atomic E-state index is 13.2. The smallest absolute Gasteiger partial charge is 0.319 e. The van der Waals surface area contributed by atoms with Crippen molar-refractivity contribution in [2.45, 2.75) is 12.7 Å². The van der Waals surface area contributed by atoms with E-state index in [0.717, 1.165) is 11.3 Å². The van der Waals surface area contributed by atoms with Crippen LogP contribution in [0.15, 0.2) is 78.9 Å². The Kier molecular flexibility index (Phi) is 8.39. The third-order valence-corrected chi connectivity index (χ3v) is 4.38. The summed E-state index contributed by atoms with van der Waals surface area (Å²) in [6.07, 6.45) is -1.00. The van der Waals surface area contributed by atoms with E-state index in [2.05, 4.69) is 10.6 Å². The lowest BCUT2D eigenvalue weighted by atomic mass is 10.1. The summed E-state index contributed by atoms with van der Waals surface area (Å²) in [6, 6.07) is 22.0. The van der Waals surface area contributed by atoms with E-state index >= 15 is 0 Å². The Hall–Kier alpha value is -3.42. The standard InChI is InChI=1S/C24H25FN2O4/c25-20-8-5-7-19(15-20)23(28)16-26-24(29)27-21-9-4-6-18(14-21)17-30-12-13-31-22-10-2-1-3-11-22/h1-11,14-15,23,28H,12-13,16-17H2,(H2,26,27,29). The van der Waals surface area contributed by atoms with E-state index in [1.54, 1.807) is 18.2 Å². The van der Waals surface area contributed by atoms with Crippen molar-refractivity contribution in [1.82, 2.24) is 5.32 Å². The molecule has 0 radical (unpaired) electrons. The molecule has 0 heterocycles. The van der Waals surface area contributed by atoms with E-state index in [-0.39, 0.29) is 6.54 Å². The summed E-state index contributed by atoms with van der Waals surface area (Å²) in [4.78, 5) is 12.1. The predicted molar refractivity (Wildman–Crippen MR) is 116 cm³/mol. The number of carbonyl (C=O) groups is 1. The first-order valence-corrected chi connectivity index (χ1v) is 9.93. The monoisotopic (exact) mass is 424 g/mol. The van der Waals surface area contributed by atoms with Crippen molar-refractivity contribution in [2.24, 2.45) is 0 Å². The Balaban J connectivity index is 1.38. The molecule has 0 saturated carbocycles. The minimum absolute atomic E-state index is 0.0422. The Bertz CT molecular complexity index is 969. The summed E-state index contributed by atoms with van der Waals surface area (Å²) in [5, 5.41) is 15.4. The molecule has 6 nitrogen and oxygen atoms in total. The highest BCUT2D eigenvalue weighted by atomic mass is 19.1. The molecule has 1 atom stereocenters. The lowest BCUT2D eigenvalue weighted by molar-refractivity contribution is 0.0889. The maximum absolute atomic E-state index is 13.2. The Labute approximate surface area is 180 Å². The van der Waals surface area contributed by atoms with E-state index in [1.165, 1.54) is 18.2 Å². The van der Waals surface area contributed by atoms with Crippen molar-refractivity contribution >= 4 is 11.7 Å². The van der Waals surface area contributed by atoms with Crippen LogP contribution in [0.4, 0.5) is 14.9 Å². The number of carbonyl (C=O) groups excluding carboxylic acids is 1. The van der Waals surface area contributed by atoms with Crippen LogP contribution in [-0.2, 0) is 11.3 Å². The van der Waals surface area contributed by atoms with Crippen molar-refractivity contribution in [3.63, 3.8) is 0 Å². The Morgan fingerprint density at radius 2 is 1.77 bits per heavy atom. The highest BCUT2D eigenvalue weighted by Crippen LogP contribution is 2.14. The summed E-state index contributed by atoms with van der Waals surface area (Å²) in [7, 11) is 0. The number of anilines is 1. The van der Waals surface area contributed by atoms with Gasteiger partial charge in [-0.2, -0.15) is 0 Å². The van der Waals surface area contributed by atoms with Gasteiger partial charge in [-0.1, -0.05) is 42.5 Å². The van der Waals surface area contributed by atoms with Gasteiger partial charge in [0.1, 0.15) is 18.2 Å². The van der Waals surface area contributed by atoms with Crippen molar-refractivity contribution in [3.05, 3.63) is 95.8 Å². The van der Waals surface area contributed by atoms with Gasteiger partial charge in [0.05, 0.1) is 19.3 Å². The van der Waals surface area contributed by atoms with Crippen molar-refractivity contribution < 1.29 is 23.8 Å². The normalized spacial score (nSPS) is 11.5. The fourth-order valence-electron chi connectivity index (χ4n) is 2.86. The SMILES string of the molecule is O=C(NCC(O)c1cccc(F)c1)Nc1cccc(COCCOc2ccccc2)c1. The molecule has 7 heteroatoms. The lowest BCUT2D eigenvalue weighted by Crippen LogP contribution is -2.32. The number of hydrogen-bond donors (Lipinski definition) is 3. The van der Waals surface area contributed by atoms with E-state index < -0.39 is 18.0 Å². The summed E-state index contributed by atoms with van der Waals surface area (Å²) < 4.78 is 24.4. The number of rotatable bonds is 10. The summed E-state index contributed by atoms with van der Waals surface area (Å²) >= 11 is 0. The molecule has 0 aliphatic rings. The second-order valence-electron chi connectivity index (χ2n) is 6.82. The number of aliphatic hydroxyl groups is 1. The minimum Gasteiger partial charge on any atom is -0.491 e. The molecule has 3 rings (SSSR count). The predicted octanol–water partition coefficient (Wildman–Crippen LogP) is 4.28. The number of ether oxygens (including phenoxy) is 2. The van der Waals surface area contributed by atoms with Gasteiger partial charge in [0, 0.05) is 12.2 Å². The zero-order valence-corrected chi connectivity index (χ0v) is 17.0. The zero-order valence-electron chi connectivity index (χ0n) is 17.0. The van der Waals surface area contributed by atoms with Gasteiger partial charge in [-0.3, -0.25) is 0 Å². The van der Waals surface area contributed by atoms with Crippen LogP contribution >= 0.6 is 0 Å². The molecule has 162 valence electrons. The van der Waals surface area contributed by atoms with Crippen LogP contribution in [0.1, 0.15) is 17.2 Å². The van der Waals surface area contributed by atoms with E-state index in [1.807, 2.05) is 42.5 Å². The molecule has 0 saturated heterocycles. The molecule has 31 heavy (non-hydrogen) atoms. The quantitative estimate of drug-likeness (QED) is 0.425. The topological polar surface area (TPSA) is 79.8 Å². The second-order valence-corrected chi connectivity index (χ2v) is 6.82. The van der Waals surface area contributed by atoms with E-state index in [9.17, 15) is 14.3 Å². The molecule has 0 fully saturated rings. The molecule has 1 unspecified atom stereocenters. The number of nitrogens with one attached hydrogen (secondary N) is 2. The summed E-state index contributed by atoms with van der Waals surface area (Å²) in [5.74, 6) is 0.359. The molecule has 3 N–H and O–H groups in total. The van der Waals surface area contributed by atoms with Gasteiger partial charge in [0.2, 0.25) is 0 Å². The fraction of sp³-hybridized carbons (Fsp3) is 0.208. The molecule has 0 spiro atoms. The number of amides is 2. The van der Waals surface area contributed by atoms with E-state index in [0.29, 0.717) is 31.1 Å². The third-order valence-electron chi connectivity index (χ3n) is 4.38. The van der Waals surface area contributed by atoms with Gasteiger partial charge in [-0.15, -0.1) is 0 Å². The number of aliphatic hydroxyl groups excluding tert-OH is 1. The van der Waals surface area contributed by atoms with Gasteiger partial charge >= 0.3 is 6.03 Å². The fourth-order valence-corrected chi connectivity index (χ4v) is 2.86. The van der Waals surface area contributed by atoms with Crippen LogP contribution in [0.3, 0.4) is 0 Å². The first-order valence-electron chi connectivity index (χ1n) is 9.93.